The van der Waals surface area contributed by atoms with Crippen molar-refractivity contribution in [3.05, 3.63) is 122 Å². The third kappa shape index (κ3) is 7.11. The molecular weight excluding hydrogens is 678 g/mol. The van der Waals surface area contributed by atoms with Gasteiger partial charge in [0.25, 0.3) is 5.56 Å². The minimum absolute atomic E-state index is 0.123. The summed E-state index contributed by atoms with van der Waals surface area (Å²) in [5.74, 6) is 0.281. The van der Waals surface area contributed by atoms with Gasteiger partial charge in [-0.3, -0.25) is 9.36 Å². The molecule has 1 aliphatic heterocycles. The van der Waals surface area contributed by atoms with Gasteiger partial charge in [0.1, 0.15) is 18.4 Å². The van der Waals surface area contributed by atoms with Crippen LogP contribution in [-0.4, -0.2) is 23.2 Å². The van der Waals surface area contributed by atoms with Crippen molar-refractivity contribution in [3.8, 4) is 11.5 Å². The van der Waals surface area contributed by atoms with Crippen molar-refractivity contribution in [2.75, 3.05) is 6.61 Å². The van der Waals surface area contributed by atoms with Gasteiger partial charge in [-0.25, -0.2) is 9.79 Å². The van der Waals surface area contributed by atoms with Crippen LogP contribution in [-0.2, 0) is 16.1 Å². The van der Waals surface area contributed by atoms with E-state index in [1.165, 1.54) is 15.9 Å². The van der Waals surface area contributed by atoms with Gasteiger partial charge in [-0.05, 0) is 69.7 Å². The van der Waals surface area contributed by atoms with Crippen LogP contribution in [0.2, 0.25) is 20.1 Å². The number of fused-ring (bicyclic) bond motifs is 1. The predicted molar refractivity (Wildman–Crippen MR) is 180 cm³/mol. The molecule has 45 heavy (non-hydrogen) atoms. The molecule has 1 atom stereocenters. The molecule has 0 amide bonds. The molecule has 0 saturated heterocycles. The van der Waals surface area contributed by atoms with Crippen molar-refractivity contribution in [1.82, 2.24) is 4.57 Å². The average molecular weight is 706 g/mol. The van der Waals surface area contributed by atoms with E-state index in [0.29, 0.717) is 47.5 Å². The Balaban J connectivity index is 1.58. The van der Waals surface area contributed by atoms with Crippen LogP contribution in [0.4, 0.5) is 0 Å². The van der Waals surface area contributed by atoms with E-state index in [9.17, 15) is 9.59 Å². The van der Waals surface area contributed by atoms with Crippen molar-refractivity contribution in [2.45, 2.75) is 46.4 Å². The van der Waals surface area contributed by atoms with Gasteiger partial charge in [-0.15, -0.1) is 0 Å². The number of aromatic nitrogens is 1. The Morgan fingerprint density at radius 2 is 1.76 bits per heavy atom. The van der Waals surface area contributed by atoms with Crippen molar-refractivity contribution in [1.29, 1.82) is 0 Å². The first-order chi connectivity index (χ1) is 21.5. The highest BCUT2D eigenvalue weighted by Crippen LogP contribution is 2.37. The average Bonchev–Trinajstić information content (AvgIpc) is 3.26. The highest BCUT2D eigenvalue weighted by atomic mass is 35.5. The van der Waals surface area contributed by atoms with Gasteiger partial charge >= 0.3 is 5.97 Å². The van der Waals surface area contributed by atoms with Gasteiger partial charge in [0.2, 0.25) is 0 Å². The van der Waals surface area contributed by atoms with E-state index in [1.807, 2.05) is 38.1 Å². The third-order valence-electron chi connectivity index (χ3n) is 6.80. The molecule has 0 aliphatic carbocycles. The summed E-state index contributed by atoms with van der Waals surface area (Å²) in [5.41, 5.74) is 2.31. The molecule has 0 saturated carbocycles. The Hall–Kier alpha value is -3.27. The largest absolute Gasteiger partial charge is 0.491 e. The molecule has 1 aliphatic rings. The fourth-order valence-corrected chi connectivity index (χ4v) is 7.02. The van der Waals surface area contributed by atoms with Gasteiger partial charge < -0.3 is 14.2 Å². The van der Waals surface area contributed by atoms with E-state index < -0.39 is 12.0 Å². The quantitative estimate of drug-likeness (QED) is 0.166. The number of halogens is 4. The Labute approximate surface area is 283 Å². The number of allylic oxidation sites excluding steroid dienone is 1. The maximum atomic E-state index is 14.1. The summed E-state index contributed by atoms with van der Waals surface area (Å²) >= 11 is 26.6. The number of hydrogen-bond acceptors (Lipinski definition) is 7. The number of carbonyl (C=O) groups excluding carboxylic acids is 1. The van der Waals surface area contributed by atoms with Crippen LogP contribution in [0.25, 0.3) is 6.08 Å². The highest BCUT2D eigenvalue weighted by molar-refractivity contribution is 7.07. The molecule has 0 unspecified atom stereocenters. The van der Waals surface area contributed by atoms with Crippen molar-refractivity contribution < 1.29 is 19.0 Å². The summed E-state index contributed by atoms with van der Waals surface area (Å²) in [6.07, 6.45) is 1.54. The monoisotopic (exact) mass is 704 g/mol. The summed E-state index contributed by atoms with van der Waals surface area (Å²) in [6.45, 7) is 7.58. The lowest BCUT2D eigenvalue weighted by molar-refractivity contribution is -0.139. The van der Waals surface area contributed by atoms with Crippen LogP contribution in [0, 0.1) is 0 Å². The molecule has 12 heteroatoms. The fraction of sp³-hybridized carbons (Fsp3) is 0.242. The summed E-state index contributed by atoms with van der Waals surface area (Å²) in [6, 6.07) is 14.9. The summed E-state index contributed by atoms with van der Waals surface area (Å²) in [5, 5.41) is 1.48. The van der Waals surface area contributed by atoms with Crippen molar-refractivity contribution in [2.24, 2.45) is 4.99 Å². The Bertz CT molecular complexity index is 1980. The van der Waals surface area contributed by atoms with E-state index >= 15 is 0 Å². The zero-order valence-electron chi connectivity index (χ0n) is 24.7. The molecule has 0 bridgehead atoms. The standard InChI is InChI=1S/C33H28Cl4N2O5S/c1-5-42-32(41)28-18(4)38-33-39(29(28)22-8-6-7-9-26(22)44-17(2)3)31(40)27(45-33)14-19-12-24(36)30(25(37)13-19)43-16-20-10-11-21(34)15-23(20)35/h6-15,17,29H,5,16H2,1-4H3/b27-14+/t29-/m1/s1. The zero-order valence-corrected chi connectivity index (χ0v) is 28.5. The van der Waals surface area contributed by atoms with E-state index in [1.54, 1.807) is 50.3 Å². The zero-order chi connectivity index (χ0) is 32.4. The number of carbonyl (C=O) groups is 1. The maximum Gasteiger partial charge on any atom is 0.338 e. The molecule has 0 fully saturated rings. The van der Waals surface area contributed by atoms with Crippen LogP contribution >= 0.6 is 57.7 Å². The lowest BCUT2D eigenvalue weighted by Crippen LogP contribution is -2.40. The minimum Gasteiger partial charge on any atom is -0.491 e. The summed E-state index contributed by atoms with van der Waals surface area (Å²) in [7, 11) is 0. The van der Waals surface area contributed by atoms with E-state index in [-0.39, 0.29) is 46.2 Å². The topological polar surface area (TPSA) is 79.1 Å². The van der Waals surface area contributed by atoms with Gasteiger partial charge in [-0.1, -0.05) is 82.0 Å². The molecule has 0 N–H and O–H groups in total. The number of para-hydroxylation sites is 1. The molecule has 4 aromatic rings. The number of rotatable bonds is 9. The molecule has 1 aromatic heterocycles. The normalized spacial score (nSPS) is 14.8. The number of esters is 1. The van der Waals surface area contributed by atoms with E-state index in [0.717, 1.165) is 0 Å². The molecular formula is C33H28Cl4N2O5S. The predicted octanol–water partition coefficient (Wildman–Crippen LogP) is 7.78. The first-order valence-corrected chi connectivity index (χ1v) is 16.3. The summed E-state index contributed by atoms with van der Waals surface area (Å²) < 4.78 is 19.3. The smallest absolute Gasteiger partial charge is 0.338 e. The Morgan fingerprint density at radius 3 is 2.42 bits per heavy atom. The van der Waals surface area contributed by atoms with Crippen LogP contribution < -0.4 is 24.4 Å². The van der Waals surface area contributed by atoms with Gasteiger partial charge in [0.15, 0.2) is 10.6 Å². The maximum absolute atomic E-state index is 14.1. The number of benzene rings is 3. The van der Waals surface area contributed by atoms with Crippen molar-refractivity contribution in [3.63, 3.8) is 0 Å². The molecule has 0 spiro atoms. The second-order valence-corrected chi connectivity index (χ2v) is 13.0. The number of nitrogens with zero attached hydrogens (tertiary/aromatic N) is 2. The van der Waals surface area contributed by atoms with Gasteiger partial charge in [0.05, 0.1) is 38.6 Å². The van der Waals surface area contributed by atoms with Crippen LogP contribution in [0.1, 0.15) is 50.4 Å². The lowest BCUT2D eigenvalue weighted by Gasteiger charge is -2.26. The van der Waals surface area contributed by atoms with Crippen LogP contribution in [0.15, 0.2) is 75.7 Å². The fourth-order valence-electron chi connectivity index (χ4n) is 4.89. The number of hydrogen-bond donors (Lipinski definition) is 0. The second-order valence-electron chi connectivity index (χ2n) is 10.3. The first kappa shape index (κ1) is 33.1. The van der Waals surface area contributed by atoms with E-state index in [2.05, 4.69) is 4.99 Å². The van der Waals surface area contributed by atoms with Crippen molar-refractivity contribution >= 4 is 69.8 Å². The molecule has 0 radical (unpaired) electrons. The molecule has 7 nitrogen and oxygen atoms in total. The molecule has 5 rings (SSSR count). The highest BCUT2D eigenvalue weighted by Gasteiger charge is 2.35. The number of ether oxygens (including phenoxy) is 3. The van der Waals surface area contributed by atoms with Gasteiger partial charge in [0, 0.05) is 21.2 Å². The SMILES string of the molecule is CCOC(=O)C1=C(C)N=c2s/c(=C/c3cc(Cl)c(OCc4ccc(Cl)cc4Cl)c(Cl)c3)c(=O)n2[C@@H]1c1ccccc1OC(C)C. The van der Waals surface area contributed by atoms with Gasteiger partial charge in [-0.2, -0.15) is 0 Å². The molecule has 234 valence electrons. The Kier molecular flexibility index (Phi) is 10.3. The minimum atomic E-state index is -0.819. The Morgan fingerprint density at radius 1 is 1.04 bits per heavy atom. The van der Waals surface area contributed by atoms with Crippen LogP contribution in [0.5, 0.6) is 11.5 Å². The van der Waals surface area contributed by atoms with Crippen LogP contribution in [0.3, 0.4) is 0 Å². The van der Waals surface area contributed by atoms with E-state index in [4.69, 9.17) is 60.6 Å². The third-order valence-corrected chi connectivity index (χ3v) is 8.93. The number of thiazole rings is 1. The first-order valence-electron chi connectivity index (χ1n) is 14.0. The molecule has 3 aromatic carbocycles. The lowest BCUT2D eigenvalue weighted by atomic mass is 9.95. The second kappa shape index (κ2) is 14.0. The molecule has 2 heterocycles. The summed E-state index contributed by atoms with van der Waals surface area (Å²) in [4.78, 5) is 32.4.